The van der Waals surface area contributed by atoms with Gasteiger partial charge in [-0.1, -0.05) is 13.3 Å². The zero-order valence-electron chi connectivity index (χ0n) is 11.1. The predicted molar refractivity (Wildman–Crippen MR) is 68.9 cm³/mol. The minimum Gasteiger partial charge on any atom is -0.341 e. The van der Waals surface area contributed by atoms with Crippen LogP contribution >= 0.6 is 0 Å². The molecule has 0 aromatic heterocycles. The molecular weight excluding hydrogens is 214 g/mol. The Kier molecular flexibility index (Phi) is 4.40. The number of piperazine rings is 1. The number of carbonyl (C=O) groups is 1. The van der Waals surface area contributed by atoms with Crippen molar-refractivity contribution < 1.29 is 4.79 Å². The second-order valence-electron chi connectivity index (χ2n) is 5.31. The van der Waals surface area contributed by atoms with Crippen molar-refractivity contribution in [2.75, 3.05) is 39.3 Å². The first-order valence-electron chi connectivity index (χ1n) is 6.96. The lowest BCUT2D eigenvalue weighted by molar-refractivity contribution is -0.135. The van der Waals surface area contributed by atoms with Crippen molar-refractivity contribution >= 4 is 5.91 Å². The second kappa shape index (κ2) is 5.83. The van der Waals surface area contributed by atoms with E-state index < -0.39 is 0 Å². The molecule has 0 bridgehead atoms. The van der Waals surface area contributed by atoms with E-state index in [1.807, 2.05) is 0 Å². The molecule has 0 aliphatic carbocycles. The van der Waals surface area contributed by atoms with E-state index in [0.29, 0.717) is 5.91 Å². The first-order valence-corrected chi connectivity index (χ1v) is 6.96. The summed E-state index contributed by atoms with van der Waals surface area (Å²) in [6.07, 6.45) is 2.39. The summed E-state index contributed by atoms with van der Waals surface area (Å²) in [5.74, 6) is 1.07. The molecule has 2 atom stereocenters. The monoisotopic (exact) mass is 239 g/mol. The smallest absolute Gasteiger partial charge is 0.239 e. The van der Waals surface area contributed by atoms with Gasteiger partial charge in [0, 0.05) is 39.3 Å². The van der Waals surface area contributed by atoms with Gasteiger partial charge in [-0.3, -0.25) is 9.69 Å². The fraction of sp³-hybridized carbons (Fsp3) is 0.923. The van der Waals surface area contributed by atoms with E-state index >= 15 is 0 Å². The molecule has 1 amide bonds. The SMILES string of the molecule is CCC1CCN(C(=O)C(C)N2CCNCC2)C1. The van der Waals surface area contributed by atoms with Gasteiger partial charge in [-0.05, 0) is 19.3 Å². The molecule has 2 aliphatic heterocycles. The molecule has 2 heterocycles. The molecule has 4 nitrogen and oxygen atoms in total. The Bertz CT molecular complexity index is 263. The standard InChI is InChI=1S/C13H25N3O/c1-3-12-4-7-16(10-12)13(17)11(2)15-8-5-14-6-9-15/h11-12,14H,3-10H2,1-2H3. The number of nitrogens with one attached hydrogen (secondary N) is 1. The molecule has 0 aromatic carbocycles. The maximum Gasteiger partial charge on any atom is 0.239 e. The van der Waals surface area contributed by atoms with Crippen LogP contribution in [0.3, 0.4) is 0 Å². The summed E-state index contributed by atoms with van der Waals surface area (Å²) in [5, 5.41) is 3.33. The van der Waals surface area contributed by atoms with Crippen LogP contribution in [0.1, 0.15) is 26.7 Å². The van der Waals surface area contributed by atoms with Crippen LogP contribution in [0.25, 0.3) is 0 Å². The summed E-state index contributed by atoms with van der Waals surface area (Å²) in [6.45, 7) is 10.2. The fourth-order valence-electron chi connectivity index (χ4n) is 2.86. The minimum atomic E-state index is 0.0627. The van der Waals surface area contributed by atoms with Gasteiger partial charge in [0.05, 0.1) is 6.04 Å². The van der Waals surface area contributed by atoms with E-state index in [2.05, 4.69) is 29.0 Å². The van der Waals surface area contributed by atoms with Gasteiger partial charge in [-0.25, -0.2) is 0 Å². The summed E-state index contributed by atoms with van der Waals surface area (Å²) in [6, 6.07) is 0.0627. The lowest BCUT2D eigenvalue weighted by Gasteiger charge is -2.34. The molecule has 2 fully saturated rings. The van der Waals surface area contributed by atoms with Crippen LogP contribution in [0.5, 0.6) is 0 Å². The van der Waals surface area contributed by atoms with Gasteiger partial charge in [0.15, 0.2) is 0 Å². The highest BCUT2D eigenvalue weighted by Crippen LogP contribution is 2.20. The normalized spacial score (nSPS) is 28.4. The van der Waals surface area contributed by atoms with Crippen molar-refractivity contribution in [2.24, 2.45) is 5.92 Å². The number of hydrogen-bond donors (Lipinski definition) is 1. The molecule has 2 rings (SSSR count). The van der Waals surface area contributed by atoms with Crippen molar-refractivity contribution in [3.63, 3.8) is 0 Å². The van der Waals surface area contributed by atoms with Crippen LogP contribution in [0.2, 0.25) is 0 Å². The lowest BCUT2D eigenvalue weighted by atomic mass is 10.1. The maximum atomic E-state index is 12.4. The number of carbonyl (C=O) groups excluding carboxylic acids is 1. The van der Waals surface area contributed by atoms with Gasteiger partial charge in [0.2, 0.25) is 5.91 Å². The third-order valence-corrected chi connectivity index (χ3v) is 4.23. The van der Waals surface area contributed by atoms with Crippen LogP contribution < -0.4 is 5.32 Å². The number of amides is 1. The van der Waals surface area contributed by atoms with Crippen LogP contribution in [0.15, 0.2) is 0 Å². The quantitative estimate of drug-likeness (QED) is 0.781. The first kappa shape index (κ1) is 12.8. The third kappa shape index (κ3) is 2.99. The zero-order valence-corrected chi connectivity index (χ0v) is 11.1. The molecule has 2 saturated heterocycles. The molecule has 1 N–H and O–H groups in total. The Balaban J connectivity index is 1.86. The van der Waals surface area contributed by atoms with Crippen molar-refractivity contribution in [1.29, 1.82) is 0 Å². The van der Waals surface area contributed by atoms with E-state index in [1.165, 1.54) is 12.8 Å². The zero-order chi connectivity index (χ0) is 12.3. The summed E-state index contributed by atoms with van der Waals surface area (Å²) >= 11 is 0. The Morgan fingerprint density at radius 1 is 1.35 bits per heavy atom. The highest BCUT2D eigenvalue weighted by atomic mass is 16.2. The Labute approximate surface area is 104 Å². The Morgan fingerprint density at radius 2 is 2.06 bits per heavy atom. The average molecular weight is 239 g/mol. The summed E-state index contributed by atoms with van der Waals surface area (Å²) in [7, 11) is 0. The molecule has 0 spiro atoms. The van der Waals surface area contributed by atoms with E-state index in [-0.39, 0.29) is 6.04 Å². The highest BCUT2D eigenvalue weighted by molar-refractivity contribution is 5.81. The van der Waals surface area contributed by atoms with Gasteiger partial charge in [0.25, 0.3) is 0 Å². The largest absolute Gasteiger partial charge is 0.341 e. The average Bonchev–Trinajstić information content (AvgIpc) is 2.87. The second-order valence-corrected chi connectivity index (χ2v) is 5.31. The fourth-order valence-corrected chi connectivity index (χ4v) is 2.86. The minimum absolute atomic E-state index is 0.0627. The predicted octanol–water partition coefficient (Wildman–Crippen LogP) is 0.539. The molecule has 98 valence electrons. The van der Waals surface area contributed by atoms with Crippen LogP contribution in [0.4, 0.5) is 0 Å². The summed E-state index contributed by atoms with van der Waals surface area (Å²) in [5.41, 5.74) is 0. The van der Waals surface area contributed by atoms with E-state index in [4.69, 9.17) is 0 Å². The first-order chi connectivity index (χ1) is 8.22. The maximum absolute atomic E-state index is 12.4. The Hall–Kier alpha value is -0.610. The van der Waals surface area contributed by atoms with Gasteiger partial charge in [-0.15, -0.1) is 0 Å². The van der Waals surface area contributed by atoms with Crippen molar-refractivity contribution in [3.05, 3.63) is 0 Å². The molecule has 2 aliphatic rings. The van der Waals surface area contributed by atoms with E-state index in [1.54, 1.807) is 0 Å². The molecule has 4 heteroatoms. The molecule has 2 unspecified atom stereocenters. The van der Waals surface area contributed by atoms with E-state index in [9.17, 15) is 4.79 Å². The van der Waals surface area contributed by atoms with Crippen molar-refractivity contribution in [1.82, 2.24) is 15.1 Å². The van der Waals surface area contributed by atoms with Crippen LogP contribution in [0, 0.1) is 5.92 Å². The number of likely N-dealkylation sites (tertiary alicyclic amines) is 1. The number of nitrogens with zero attached hydrogens (tertiary/aromatic N) is 2. The van der Waals surface area contributed by atoms with Crippen LogP contribution in [-0.2, 0) is 4.79 Å². The van der Waals surface area contributed by atoms with Gasteiger partial charge >= 0.3 is 0 Å². The highest BCUT2D eigenvalue weighted by Gasteiger charge is 2.31. The van der Waals surface area contributed by atoms with Gasteiger partial charge < -0.3 is 10.2 Å². The summed E-state index contributed by atoms with van der Waals surface area (Å²) in [4.78, 5) is 16.7. The number of hydrogen-bond acceptors (Lipinski definition) is 3. The Morgan fingerprint density at radius 3 is 2.65 bits per heavy atom. The molecular formula is C13H25N3O. The topological polar surface area (TPSA) is 35.6 Å². The molecule has 0 radical (unpaired) electrons. The molecule has 0 aromatic rings. The number of rotatable bonds is 3. The summed E-state index contributed by atoms with van der Waals surface area (Å²) < 4.78 is 0. The van der Waals surface area contributed by atoms with Crippen molar-refractivity contribution in [3.8, 4) is 0 Å². The van der Waals surface area contributed by atoms with E-state index in [0.717, 1.165) is 45.2 Å². The lowest BCUT2D eigenvalue weighted by Crippen LogP contribution is -2.53. The van der Waals surface area contributed by atoms with Crippen LogP contribution in [-0.4, -0.2) is 61.0 Å². The molecule has 17 heavy (non-hydrogen) atoms. The third-order valence-electron chi connectivity index (χ3n) is 4.23. The van der Waals surface area contributed by atoms with Crippen molar-refractivity contribution in [2.45, 2.75) is 32.7 Å². The van der Waals surface area contributed by atoms with Gasteiger partial charge in [-0.2, -0.15) is 0 Å². The van der Waals surface area contributed by atoms with Gasteiger partial charge in [0.1, 0.15) is 0 Å². The molecule has 0 saturated carbocycles.